The summed E-state index contributed by atoms with van der Waals surface area (Å²) in [6.07, 6.45) is 1.69. The predicted octanol–water partition coefficient (Wildman–Crippen LogP) is 3.24. The Morgan fingerprint density at radius 2 is 2.04 bits per heavy atom. The van der Waals surface area contributed by atoms with Gasteiger partial charge in [0.15, 0.2) is 0 Å². The van der Waals surface area contributed by atoms with E-state index >= 15 is 0 Å². The third-order valence-electron chi connectivity index (χ3n) is 4.27. The SMILES string of the molecule is CCN1Cc2c(ccnc2N[C@@H](C)c2ccc(OC)cc2)C1=O. The molecule has 0 bridgehead atoms. The fraction of sp³-hybridized carbons (Fsp3) is 0.333. The summed E-state index contributed by atoms with van der Waals surface area (Å²) in [5.74, 6) is 1.71. The molecule has 1 aliphatic heterocycles. The number of carbonyl (C=O) groups excluding carboxylic acids is 1. The van der Waals surface area contributed by atoms with Crippen LogP contribution in [0.15, 0.2) is 36.5 Å². The van der Waals surface area contributed by atoms with Crippen molar-refractivity contribution in [3.05, 3.63) is 53.2 Å². The molecule has 0 radical (unpaired) electrons. The third kappa shape index (κ3) is 2.86. The van der Waals surface area contributed by atoms with Crippen LogP contribution in [0.3, 0.4) is 0 Å². The molecule has 3 rings (SSSR count). The number of anilines is 1. The first kappa shape index (κ1) is 15.3. The first-order valence-electron chi connectivity index (χ1n) is 7.81. The largest absolute Gasteiger partial charge is 0.497 e. The van der Waals surface area contributed by atoms with E-state index in [4.69, 9.17) is 4.74 Å². The quantitative estimate of drug-likeness (QED) is 0.921. The molecule has 1 aromatic carbocycles. The van der Waals surface area contributed by atoms with E-state index < -0.39 is 0 Å². The minimum Gasteiger partial charge on any atom is -0.497 e. The van der Waals surface area contributed by atoms with Crippen molar-refractivity contribution in [3.8, 4) is 5.75 Å². The highest BCUT2D eigenvalue weighted by molar-refractivity contribution is 5.99. The molecule has 0 saturated heterocycles. The van der Waals surface area contributed by atoms with Crippen LogP contribution in [0, 0.1) is 0 Å². The zero-order chi connectivity index (χ0) is 16.4. The summed E-state index contributed by atoms with van der Waals surface area (Å²) in [5, 5.41) is 3.43. The topological polar surface area (TPSA) is 54.5 Å². The maximum absolute atomic E-state index is 12.3. The van der Waals surface area contributed by atoms with Crippen molar-refractivity contribution < 1.29 is 9.53 Å². The first-order chi connectivity index (χ1) is 11.1. The normalized spacial score (nSPS) is 14.6. The molecule has 0 unspecified atom stereocenters. The van der Waals surface area contributed by atoms with Crippen LogP contribution in [0.4, 0.5) is 5.82 Å². The minimum atomic E-state index is 0.0880. The number of nitrogens with one attached hydrogen (secondary N) is 1. The number of aromatic nitrogens is 1. The number of methoxy groups -OCH3 is 1. The Labute approximate surface area is 136 Å². The number of benzene rings is 1. The molecule has 23 heavy (non-hydrogen) atoms. The molecule has 0 spiro atoms. The lowest BCUT2D eigenvalue weighted by Crippen LogP contribution is -2.22. The van der Waals surface area contributed by atoms with E-state index in [1.807, 2.05) is 36.1 Å². The van der Waals surface area contributed by atoms with Crippen molar-refractivity contribution in [2.45, 2.75) is 26.4 Å². The van der Waals surface area contributed by atoms with Crippen molar-refractivity contribution >= 4 is 11.7 Å². The number of fused-ring (bicyclic) bond motifs is 1. The van der Waals surface area contributed by atoms with E-state index in [1.54, 1.807) is 19.4 Å². The van der Waals surface area contributed by atoms with Crippen molar-refractivity contribution in [1.82, 2.24) is 9.88 Å². The lowest BCUT2D eigenvalue weighted by atomic mass is 10.1. The van der Waals surface area contributed by atoms with Crippen LogP contribution in [-0.4, -0.2) is 29.4 Å². The predicted molar refractivity (Wildman–Crippen MR) is 89.7 cm³/mol. The molecule has 1 N–H and O–H groups in total. The lowest BCUT2D eigenvalue weighted by Gasteiger charge is -2.17. The van der Waals surface area contributed by atoms with E-state index in [0.29, 0.717) is 13.1 Å². The second-order valence-corrected chi connectivity index (χ2v) is 5.64. The second-order valence-electron chi connectivity index (χ2n) is 5.64. The third-order valence-corrected chi connectivity index (χ3v) is 4.27. The molecule has 120 valence electrons. The number of ether oxygens (including phenoxy) is 1. The summed E-state index contributed by atoms with van der Waals surface area (Å²) in [4.78, 5) is 18.5. The summed E-state index contributed by atoms with van der Waals surface area (Å²) < 4.78 is 5.19. The van der Waals surface area contributed by atoms with Gasteiger partial charge in [-0.15, -0.1) is 0 Å². The Bertz CT molecular complexity index is 713. The number of pyridine rings is 1. The molecular weight excluding hydrogens is 290 g/mol. The Kier molecular flexibility index (Phi) is 4.19. The van der Waals surface area contributed by atoms with Crippen LogP contribution >= 0.6 is 0 Å². The molecule has 2 heterocycles. The van der Waals surface area contributed by atoms with E-state index in [-0.39, 0.29) is 11.9 Å². The number of carbonyl (C=O) groups is 1. The molecule has 1 amide bonds. The summed E-state index contributed by atoms with van der Waals surface area (Å²) in [6, 6.07) is 9.84. The van der Waals surface area contributed by atoms with Gasteiger partial charge in [0.2, 0.25) is 0 Å². The van der Waals surface area contributed by atoms with Gasteiger partial charge in [-0.25, -0.2) is 4.98 Å². The minimum absolute atomic E-state index is 0.0880. The zero-order valence-corrected chi connectivity index (χ0v) is 13.7. The van der Waals surface area contributed by atoms with Gasteiger partial charge in [0.25, 0.3) is 5.91 Å². The van der Waals surface area contributed by atoms with Crippen molar-refractivity contribution in [3.63, 3.8) is 0 Å². The van der Waals surface area contributed by atoms with Gasteiger partial charge in [-0.2, -0.15) is 0 Å². The summed E-state index contributed by atoms with van der Waals surface area (Å²) in [5.41, 5.74) is 2.88. The maximum atomic E-state index is 12.3. The van der Waals surface area contributed by atoms with Crippen molar-refractivity contribution in [2.75, 3.05) is 19.0 Å². The van der Waals surface area contributed by atoms with Crippen LogP contribution in [0.1, 0.15) is 41.4 Å². The van der Waals surface area contributed by atoms with Gasteiger partial charge >= 0.3 is 0 Å². The van der Waals surface area contributed by atoms with Crippen molar-refractivity contribution in [2.24, 2.45) is 0 Å². The monoisotopic (exact) mass is 311 g/mol. The molecule has 1 aliphatic rings. The second kappa shape index (κ2) is 6.28. The highest BCUT2D eigenvalue weighted by Gasteiger charge is 2.29. The molecule has 5 nitrogen and oxygen atoms in total. The van der Waals surface area contributed by atoms with Gasteiger partial charge in [0, 0.05) is 29.9 Å². The zero-order valence-electron chi connectivity index (χ0n) is 13.7. The number of hydrogen-bond acceptors (Lipinski definition) is 4. The molecule has 0 fully saturated rings. The smallest absolute Gasteiger partial charge is 0.254 e. The van der Waals surface area contributed by atoms with Gasteiger partial charge in [0.1, 0.15) is 11.6 Å². The average Bonchev–Trinajstić information content (AvgIpc) is 2.92. The Morgan fingerprint density at radius 3 is 2.70 bits per heavy atom. The number of hydrogen-bond donors (Lipinski definition) is 1. The van der Waals surface area contributed by atoms with Gasteiger partial charge in [-0.05, 0) is 37.6 Å². The van der Waals surface area contributed by atoms with Crippen LogP contribution < -0.4 is 10.1 Å². The van der Waals surface area contributed by atoms with Crippen LogP contribution in [-0.2, 0) is 6.54 Å². The first-order valence-corrected chi connectivity index (χ1v) is 7.81. The Hall–Kier alpha value is -2.56. The van der Waals surface area contributed by atoms with Gasteiger partial charge in [0.05, 0.1) is 13.7 Å². The van der Waals surface area contributed by atoms with Gasteiger partial charge in [-0.3, -0.25) is 4.79 Å². The Balaban J connectivity index is 1.82. The molecular formula is C18H21N3O2. The van der Waals surface area contributed by atoms with Crippen molar-refractivity contribution in [1.29, 1.82) is 0 Å². The standard InChI is InChI=1S/C18H21N3O2/c1-4-21-11-16-15(18(21)22)9-10-19-17(16)20-12(2)13-5-7-14(23-3)8-6-13/h5-10,12H,4,11H2,1-3H3,(H,19,20)/t12-/m0/s1. The van der Waals surface area contributed by atoms with E-state index in [9.17, 15) is 4.79 Å². The number of nitrogens with zero attached hydrogens (tertiary/aromatic N) is 2. The molecule has 0 aliphatic carbocycles. The summed E-state index contributed by atoms with van der Waals surface area (Å²) >= 11 is 0. The molecule has 1 atom stereocenters. The highest BCUT2D eigenvalue weighted by Crippen LogP contribution is 2.30. The van der Waals surface area contributed by atoms with Crippen LogP contribution in [0.5, 0.6) is 5.75 Å². The maximum Gasteiger partial charge on any atom is 0.254 e. The molecule has 2 aromatic rings. The van der Waals surface area contributed by atoms with E-state index in [0.717, 1.165) is 28.3 Å². The summed E-state index contributed by atoms with van der Waals surface area (Å²) in [7, 11) is 1.66. The summed E-state index contributed by atoms with van der Waals surface area (Å²) in [6.45, 7) is 5.40. The van der Waals surface area contributed by atoms with E-state index in [1.165, 1.54) is 0 Å². The van der Waals surface area contributed by atoms with Crippen LogP contribution in [0.2, 0.25) is 0 Å². The number of rotatable bonds is 5. The highest BCUT2D eigenvalue weighted by atomic mass is 16.5. The lowest BCUT2D eigenvalue weighted by molar-refractivity contribution is 0.0787. The van der Waals surface area contributed by atoms with Gasteiger partial charge in [-0.1, -0.05) is 12.1 Å². The van der Waals surface area contributed by atoms with Crippen LogP contribution in [0.25, 0.3) is 0 Å². The molecule has 5 heteroatoms. The van der Waals surface area contributed by atoms with E-state index in [2.05, 4.69) is 17.2 Å². The average molecular weight is 311 g/mol. The van der Waals surface area contributed by atoms with Gasteiger partial charge < -0.3 is 15.0 Å². The fourth-order valence-electron chi connectivity index (χ4n) is 2.85. The Morgan fingerprint density at radius 1 is 1.30 bits per heavy atom. The molecule has 0 saturated carbocycles. The molecule has 1 aromatic heterocycles. The number of amides is 1. The fourth-order valence-corrected chi connectivity index (χ4v) is 2.85.